The van der Waals surface area contributed by atoms with E-state index in [1.165, 1.54) is 13.0 Å². The van der Waals surface area contributed by atoms with Crippen molar-refractivity contribution >= 4 is 17.3 Å². The largest absolute Gasteiger partial charge is 0.384 e. The summed E-state index contributed by atoms with van der Waals surface area (Å²) in [5.74, 6) is 0.662. The number of halogens is 1. The Balaban J connectivity index is 1.94. The fourth-order valence-electron chi connectivity index (χ4n) is 2.38. The highest BCUT2D eigenvalue weighted by Crippen LogP contribution is 2.22. The predicted octanol–water partition coefficient (Wildman–Crippen LogP) is 2.97. The van der Waals surface area contributed by atoms with Gasteiger partial charge in [0, 0.05) is 18.1 Å². The Kier molecular flexibility index (Phi) is 4.46. The van der Waals surface area contributed by atoms with E-state index in [0.717, 1.165) is 25.3 Å². The second-order valence-corrected chi connectivity index (χ2v) is 5.17. The van der Waals surface area contributed by atoms with Crippen molar-refractivity contribution in [3.05, 3.63) is 28.8 Å². The number of nitrogens with zero attached hydrogens (tertiary/aromatic N) is 2. The van der Waals surface area contributed by atoms with E-state index in [9.17, 15) is 0 Å². The summed E-state index contributed by atoms with van der Waals surface area (Å²) in [6.07, 6.45) is 1.23. The van der Waals surface area contributed by atoms with Crippen molar-refractivity contribution in [1.29, 1.82) is 5.26 Å². The molecule has 0 aromatic heterocycles. The summed E-state index contributed by atoms with van der Waals surface area (Å²) in [4.78, 5) is 2.45. The molecule has 1 saturated heterocycles. The molecular weight excluding hydrogens is 246 g/mol. The minimum atomic E-state index is 0.657. The van der Waals surface area contributed by atoms with Gasteiger partial charge in [0.15, 0.2) is 0 Å². The van der Waals surface area contributed by atoms with Crippen LogP contribution in [0.25, 0.3) is 0 Å². The maximum absolute atomic E-state index is 9.04. The first kappa shape index (κ1) is 13.2. The fraction of sp³-hybridized carbons (Fsp3) is 0.500. The highest BCUT2D eigenvalue weighted by Gasteiger charge is 2.20. The Morgan fingerprint density at radius 3 is 3.06 bits per heavy atom. The average molecular weight is 264 g/mol. The number of benzene rings is 1. The van der Waals surface area contributed by atoms with Crippen molar-refractivity contribution < 1.29 is 0 Å². The molecule has 0 saturated carbocycles. The summed E-state index contributed by atoms with van der Waals surface area (Å²) in [5, 5.41) is 13.1. The number of anilines is 1. The molecule has 18 heavy (non-hydrogen) atoms. The van der Waals surface area contributed by atoms with Crippen molar-refractivity contribution in [1.82, 2.24) is 4.90 Å². The van der Waals surface area contributed by atoms with Crippen LogP contribution in [-0.4, -0.2) is 31.1 Å². The quantitative estimate of drug-likeness (QED) is 0.908. The maximum atomic E-state index is 9.04. The summed E-state index contributed by atoms with van der Waals surface area (Å²) in [6.45, 7) is 6.55. The first-order valence-electron chi connectivity index (χ1n) is 6.38. The first-order chi connectivity index (χ1) is 8.72. The van der Waals surface area contributed by atoms with E-state index in [0.29, 0.717) is 16.5 Å². The third-order valence-electron chi connectivity index (χ3n) is 3.50. The Hall–Kier alpha value is -1.24. The van der Waals surface area contributed by atoms with E-state index < -0.39 is 0 Å². The second-order valence-electron chi connectivity index (χ2n) is 4.73. The lowest BCUT2D eigenvalue weighted by Crippen LogP contribution is -2.22. The van der Waals surface area contributed by atoms with E-state index in [2.05, 4.69) is 23.2 Å². The lowest BCUT2D eigenvalue weighted by atomic mass is 10.1. The van der Waals surface area contributed by atoms with Crippen molar-refractivity contribution in [3.8, 4) is 6.07 Å². The number of nitriles is 1. The number of nitrogens with one attached hydrogen (secondary N) is 1. The summed E-state index contributed by atoms with van der Waals surface area (Å²) >= 11 is 5.96. The maximum Gasteiger partial charge on any atom is 0.101 e. The SMILES string of the molecule is CCN1CCC(CNc2cc(Cl)ccc2C#N)C1. The van der Waals surface area contributed by atoms with Gasteiger partial charge in [0.05, 0.1) is 11.3 Å². The lowest BCUT2D eigenvalue weighted by Gasteiger charge is -2.15. The van der Waals surface area contributed by atoms with Gasteiger partial charge in [-0.15, -0.1) is 0 Å². The zero-order valence-electron chi connectivity index (χ0n) is 10.6. The van der Waals surface area contributed by atoms with Crippen LogP contribution >= 0.6 is 11.6 Å². The lowest BCUT2D eigenvalue weighted by molar-refractivity contribution is 0.345. The van der Waals surface area contributed by atoms with Gasteiger partial charge in [-0.05, 0) is 43.6 Å². The molecule has 1 unspecified atom stereocenters. The van der Waals surface area contributed by atoms with Crippen LogP contribution in [0, 0.1) is 17.2 Å². The molecule has 1 aromatic carbocycles. The standard InChI is InChI=1S/C14H18ClN3/c1-2-18-6-5-11(10-18)9-17-14-7-13(15)4-3-12(14)8-16/h3-4,7,11,17H,2,5-6,9-10H2,1H3. The molecule has 0 spiro atoms. The van der Waals surface area contributed by atoms with Crippen molar-refractivity contribution in [2.45, 2.75) is 13.3 Å². The van der Waals surface area contributed by atoms with Crippen LogP contribution in [0.15, 0.2) is 18.2 Å². The van der Waals surface area contributed by atoms with Crippen molar-refractivity contribution in [2.24, 2.45) is 5.92 Å². The number of hydrogen-bond acceptors (Lipinski definition) is 3. The molecule has 1 aliphatic heterocycles. The molecule has 0 bridgehead atoms. The Morgan fingerprint density at radius 1 is 1.56 bits per heavy atom. The number of rotatable bonds is 4. The zero-order valence-corrected chi connectivity index (χ0v) is 11.4. The van der Waals surface area contributed by atoms with Crippen LogP contribution in [0.2, 0.25) is 5.02 Å². The van der Waals surface area contributed by atoms with Gasteiger partial charge < -0.3 is 10.2 Å². The number of likely N-dealkylation sites (tertiary alicyclic amines) is 1. The normalized spacial score (nSPS) is 19.7. The third kappa shape index (κ3) is 3.16. The van der Waals surface area contributed by atoms with Gasteiger partial charge in [0.1, 0.15) is 6.07 Å². The monoisotopic (exact) mass is 263 g/mol. The number of hydrogen-bond donors (Lipinski definition) is 1. The molecule has 1 heterocycles. The summed E-state index contributed by atoms with van der Waals surface area (Å²) < 4.78 is 0. The van der Waals surface area contributed by atoms with E-state index in [1.807, 2.05) is 6.07 Å². The Morgan fingerprint density at radius 2 is 2.39 bits per heavy atom. The predicted molar refractivity (Wildman–Crippen MR) is 74.9 cm³/mol. The average Bonchev–Trinajstić information content (AvgIpc) is 2.84. The molecule has 1 N–H and O–H groups in total. The topological polar surface area (TPSA) is 39.1 Å². The molecule has 1 atom stereocenters. The third-order valence-corrected chi connectivity index (χ3v) is 3.74. The summed E-state index contributed by atoms with van der Waals surface area (Å²) in [5.41, 5.74) is 1.50. The molecule has 4 heteroatoms. The van der Waals surface area contributed by atoms with Gasteiger partial charge in [0.25, 0.3) is 0 Å². The molecule has 0 aliphatic carbocycles. The van der Waals surface area contributed by atoms with Gasteiger partial charge in [-0.25, -0.2) is 0 Å². The molecule has 2 rings (SSSR count). The zero-order chi connectivity index (χ0) is 13.0. The van der Waals surface area contributed by atoms with E-state index in [-0.39, 0.29) is 0 Å². The molecule has 96 valence electrons. The molecule has 1 fully saturated rings. The molecule has 1 aromatic rings. The van der Waals surface area contributed by atoms with Crippen LogP contribution in [0.5, 0.6) is 0 Å². The van der Waals surface area contributed by atoms with Crippen LogP contribution in [0.3, 0.4) is 0 Å². The molecule has 0 amide bonds. The molecule has 1 aliphatic rings. The fourth-order valence-corrected chi connectivity index (χ4v) is 2.55. The van der Waals surface area contributed by atoms with Gasteiger partial charge in [-0.3, -0.25) is 0 Å². The van der Waals surface area contributed by atoms with Crippen LogP contribution in [0.1, 0.15) is 18.9 Å². The van der Waals surface area contributed by atoms with Gasteiger partial charge in [-0.1, -0.05) is 18.5 Å². The Bertz CT molecular complexity index is 453. The summed E-state index contributed by atoms with van der Waals surface area (Å²) in [7, 11) is 0. The van der Waals surface area contributed by atoms with E-state index in [1.54, 1.807) is 12.1 Å². The Labute approximate surface area is 113 Å². The minimum absolute atomic E-state index is 0.657. The van der Waals surface area contributed by atoms with Crippen LogP contribution in [0.4, 0.5) is 5.69 Å². The smallest absolute Gasteiger partial charge is 0.101 e. The minimum Gasteiger partial charge on any atom is -0.384 e. The first-order valence-corrected chi connectivity index (χ1v) is 6.76. The molecular formula is C14H18ClN3. The molecule has 3 nitrogen and oxygen atoms in total. The highest BCUT2D eigenvalue weighted by atomic mass is 35.5. The van der Waals surface area contributed by atoms with Crippen molar-refractivity contribution in [2.75, 3.05) is 31.5 Å². The van der Waals surface area contributed by atoms with Gasteiger partial charge >= 0.3 is 0 Å². The van der Waals surface area contributed by atoms with Gasteiger partial charge in [0.2, 0.25) is 0 Å². The second kappa shape index (κ2) is 6.08. The van der Waals surface area contributed by atoms with Crippen LogP contribution in [-0.2, 0) is 0 Å². The van der Waals surface area contributed by atoms with Crippen LogP contribution < -0.4 is 5.32 Å². The van der Waals surface area contributed by atoms with Crippen molar-refractivity contribution in [3.63, 3.8) is 0 Å². The van der Waals surface area contributed by atoms with Gasteiger partial charge in [-0.2, -0.15) is 5.26 Å². The van der Waals surface area contributed by atoms with E-state index in [4.69, 9.17) is 16.9 Å². The highest BCUT2D eigenvalue weighted by molar-refractivity contribution is 6.30. The molecule has 0 radical (unpaired) electrons. The summed E-state index contributed by atoms with van der Waals surface area (Å²) in [6, 6.07) is 7.52. The van der Waals surface area contributed by atoms with E-state index >= 15 is 0 Å².